The van der Waals surface area contributed by atoms with E-state index in [2.05, 4.69) is 17.6 Å². The first kappa shape index (κ1) is 16.2. The molecule has 1 saturated carbocycles. The van der Waals surface area contributed by atoms with Gasteiger partial charge in [-0.3, -0.25) is 0 Å². The first-order valence-corrected chi connectivity index (χ1v) is 6.99. The van der Waals surface area contributed by atoms with Gasteiger partial charge >= 0.3 is 6.09 Å². The zero-order valence-corrected chi connectivity index (χ0v) is 12.9. The Labute approximate surface area is 116 Å². The number of hydrogen-bond donors (Lipinski definition) is 2. The summed E-state index contributed by atoms with van der Waals surface area (Å²) in [5.74, 6) is 0. The van der Waals surface area contributed by atoms with Gasteiger partial charge in [-0.1, -0.05) is 0 Å². The number of methoxy groups -OCH3 is 1. The van der Waals surface area contributed by atoms with E-state index in [1.54, 1.807) is 7.11 Å². The molecular weight excluding hydrogens is 244 g/mol. The van der Waals surface area contributed by atoms with E-state index in [4.69, 9.17) is 9.47 Å². The van der Waals surface area contributed by atoms with Crippen molar-refractivity contribution in [2.75, 3.05) is 7.11 Å². The Morgan fingerprint density at radius 3 is 2.26 bits per heavy atom. The molecule has 0 aromatic heterocycles. The predicted molar refractivity (Wildman–Crippen MR) is 75.2 cm³/mol. The molecule has 2 N–H and O–H groups in total. The van der Waals surface area contributed by atoms with Crippen molar-refractivity contribution in [3.8, 4) is 0 Å². The van der Waals surface area contributed by atoms with Crippen molar-refractivity contribution < 1.29 is 14.3 Å². The Bertz CT molecular complexity index is 296. The van der Waals surface area contributed by atoms with Gasteiger partial charge in [-0.05, 0) is 47.5 Å². The zero-order chi connectivity index (χ0) is 14.6. The van der Waals surface area contributed by atoms with Crippen LogP contribution >= 0.6 is 0 Å². The molecule has 112 valence electrons. The fraction of sp³-hybridized carbons (Fsp3) is 0.929. The average molecular weight is 272 g/mol. The van der Waals surface area contributed by atoms with Crippen molar-refractivity contribution in [3.63, 3.8) is 0 Å². The van der Waals surface area contributed by atoms with Crippen LogP contribution in [0.4, 0.5) is 4.79 Å². The molecular formula is C14H28N2O3. The van der Waals surface area contributed by atoms with Crippen LogP contribution in [0.25, 0.3) is 0 Å². The molecule has 0 aromatic carbocycles. The normalized spacial score (nSPS) is 26.2. The maximum atomic E-state index is 11.6. The second kappa shape index (κ2) is 6.57. The minimum absolute atomic E-state index is 0.192. The lowest BCUT2D eigenvalue weighted by Gasteiger charge is -2.39. The maximum Gasteiger partial charge on any atom is 0.407 e. The molecule has 0 aromatic rings. The van der Waals surface area contributed by atoms with Crippen LogP contribution in [-0.4, -0.2) is 43.0 Å². The first-order valence-electron chi connectivity index (χ1n) is 6.99. The number of alkyl carbamates (subject to hydrolysis) is 1. The van der Waals surface area contributed by atoms with Crippen LogP contribution in [0.1, 0.15) is 47.5 Å². The molecule has 0 saturated heterocycles. The summed E-state index contributed by atoms with van der Waals surface area (Å²) >= 11 is 0. The quantitative estimate of drug-likeness (QED) is 0.804. The highest BCUT2D eigenvalue weighted by Crippen LogP contribution is 2.21. The number of carbonyl (C=O) groups is 1. The Morgan fingerprint density at radius 2 is 1.79 bits per heavy atom. The summed E-state index contributed by atoms with van der Waals surface area (Å²) < 4.78 is 10.5. The van der Waals surface area contributed by atoms with Gasteiger partial charge in [-0.2, -0.15) is 0 Å². The van der Waals surface area contributed by atoms with E-state index in [0.717, 1.165) is 12.8 Å². The number of carbonyl (C=O) groups excluding carboxylic acids is 1. The maximum absolute atomic E-state index is 11.6. The molecule has 2 atom stereocenters. The summed E-state index contributed by atoms with van der Waals surface area (Å²) in [6.07, 6.45) is 1.76. The van der Waals surface area contributed by atoms with Crippen molar-refractivity contribution in [2.45, 2.75) is 77.3 Å². The number of ether oxygens (including phenoxy) is 2. The van der Waals surface area contributed by atoms with E-state index in [1.165, 1.54) is 0 Å². The summed E-state index contributed by atoms with van der Waals surface area (Å²) in [7, 11) is 1.72. The van der Waals surface area contributed by atoms with Crippen molar-refractivity contribution in [3.05, 3.63) is 0 Å². The van der Waals surface area contributed by atoms with Gasteiger partial charge in [0.15, 0.2) is 0 Å². The molecule has 2 unspecified atom stereocenters. The van der Waals surface area contributed by atoms with Gasteiger partial charge in [0.25, 0.3) is 0 Å². The number of rotatable bonds is 5. The Balaban J connectivity index is 2.18. The standard InChI is InChI=1S/C14H28N2O3/c1-9(10(2)18-6)15-11-7-12(8-11)16-13(17)19-14(3,4)5/h9-12,15H,7-8H2,1-6H3,(H,16,17). The van der Waals surface area contributed by atoms with Crippen LogP contribution in [0.3, 0.4) is 0 Å². The summed E-state index contributed by atoms with van der Waals surface area (Å²) in [6.45, 7) is 9.76. The lowest BCUT2D eigenvalue weighted by molar-refractivity contribution is 0.0441. The summed E-state index contributed by atoms with van der Waals surface area (Å²) in [6, 6.07) is 0.988. The molecule has 1 aliphatic rings. The van der Waals surface area contributed by atoms with Gasteiger partial charge in [0.2, 0.25) is 0 Å². The number of nitrogens with one attached hydrogen (secondary N) is 2. The van der Waals surface area contributed by atoms with Gasteiger partial charge in [0, 0.05) is 25.2 Å². The smallest absolute Gasteiger partial charge is 0.407 e. The van der Waals surface area contributed by atoms with Gasteiger partial charge in [-0.25, -0.2) is 4.79 Å². The van der Waals surface area contributed by atoms with Crippen LogP contribution in [0.5, 0.6) is 0 Å². The van der Waals surface area contributed by atoms with Crippen LogP contribution in [0.2, 0.25) is 0 Å². The third-order valence-corrected chi connectivity index (χ3v) is 3.43. The summed E-state index contributed by atoms with van der Waals surface area (Å²) in [4.78, 5) is 11.6. The zero-order valence-electron chi connectivity index (χ0n) is 12.9. The van der Waals surface area contributed by atoms with E-state index in [-0.39, 0.29) is 18.2 Å². The second-order valence-corrected chi connectivity index (χ2v) is 6.41. The Kier molecular flexibility index (Phi) is 5.62. The molecule has 1 aliphatic carbocycles. The van der Waals surface area contributed by atoms with Crippen molar-refractivity contribution in [1.82, 2.24) is 10.6 Å². The van der Waals surface area contributed by atoms with Crippen LogP contribution in [0, 0.1) is 0 Å². The van der Waals surface area contributed by atoms with Gasteiger partial charge in [0.05, 0.1) is 6.10 Å². The van der Waals surface area contributed by atoms with Gasteiger partial charge < -0.3 is 20.1 Å². The predicted octanol–water partition coefficient (Wildman–Crippen LogP) is 2.06. The van der Waals surface area contributed by atoms with Crippen molar-refractivity contribution >= 4 is 6.09 Å². The van der Waals surface area contributed by atoms with Crippen molar-refractivity contribution in [1.29, 1.82) is 0 Å². The molecule has 0 bridgehead atoms. The molecule has 0 radical (unpaired) electrons. The van der Waals surface area contributed by atoms with E-state index < -0.39 is 5.60 Å². The van der Waals surface area contributed by atoms with E-state index in [0.29, 0.717) is 12.1 Å². The topological polar surface area (TPSA) is 59.6 Å². The monoisotopic (exact) mass is 272 g/mol. The minimum Gasteiger partial charge on any atom is -0.444 e. The minimum atomic E-state index is -0.437. The van der Waals surface area contributed by atoms with Crippen LogP contribution in [0.15, 0.2) is 0 Å². The van der Waals surface area contributed by atoms with E-state index >= 15 is 0 Å². The van der Waals surface area contributed by atoms with Crippen LogP contribution < -0.4 is 10.6 Å². The molecule has 1 rings (SSSR count). The van der Waals surface area contributed by atoms with E-state index in [9.17, 15) is 4.79 Å². The molecule has 1 fully saturated rings. The van der Waals surface area contributed by atoms with Crippen LogP contribution in [-0.2, 0) is 9.47 Å². The summed E-state index contributed by atoms with van der Waals surface area (Å²) in [5, 5.41) is 6.39. The third-order valence-electron chi connectivity index (χ3n) is 3.43. The second-order valence-electron chi connectivity index (χ2n) is 6.41. The largest absolute Gasteiger partial charge is 0.444 e. The molecule has 1 amide bonds. The molecule has 0 heterocycles. The molecule has 5 heteroatoms. The fourth-order valence-electron chi connectivity index (χ4n) is 2.06. The fourth-order valence-corrected chi connectivity index (χ4v) is 2.06. The molecule has 0 aliphatic heterocycles. The van der Waals surface area contributed by atoms with Gasteiger partial charge in [-0.15, -0.1) is 0 Å². The Morgan fingerprint density at radius 1 is 1.21 bits per heavy atom. The molecule has 0 spiro atoms. The lowest BCUT2D eigenvalue weighted by atomic mass is 9.86. The SMILES string of the molecule is COC(C)C(C)NC1CC(NC(=O)OC(C)(C)C)C1. The first-order chi connectivity index (χ1) is 8.71. The molecule has 19 heavy (non-hydrogen) atoms. The van der Waals surface area contributed by atoms with Gasteiger partial charge in [0.1, 0.15) is 5.60 Å². The highest BCUT2D eigenvalue weighted by atomic mass is 16.6. The highest BCUT2D eigenvalue weighted by molar-refractivity contribution is 5.68. The Hall–Kier alpha value is -0.810. The molecule has 5 nitrogen and oxygen atoms in total. The number of hydrogen-bond acceptors (Lipinski definition) is 4. The third kappa shape index (κ3) is 5.78. The summed E-state index contributed by atoms with van der Waals surface area (Å²) in [5.41, 5.74) is -0.437. The number of amides is 1. The van der Waals surface area contributed by atoms with E-state index in [1.807, 2.05) is 27.7 Å². The highest BCUT2D eigenvalue weighted by Gasteiger charge is 2.32. The lowest BCUT2D eigenvalue weighted by Crippen LogP contribution is -2.56. The average Bonchev–Trinajstić information content (AvgIpc) is 2.22. The van der Waals surface area contributed by atoms with Crippen molar-refractivity contribution in [2.24, 2.45) is 0 Å².